The third-order valence-corrected chi connectivity index (χ3v) is 13.4. The summed E-state index contributed by atoms with van der Waals surface area (Å²) in [4.78, 5) is 38.0. The maximum atomic E-state index is 12.8. The first kappa shape index (κ1) is 69.6. The van der Waals surface area contributed by atoms with Crippen molar-refractivity contribution in [2.45, 2.75) is 309 Å². The van der Waals surface area contributed by atoms with Gasteiger partial charge in [-0.3, -0.25) is 14.4 Å². The first-order valence-electron chi connectivity index (χ1n) is 31.1. The van der Waals surface area contributed by atoms with E-state index in [-0.39, 0.29) is 31.1 Å². The Bertz CT molecular complexity index is 1400. The molecule has 0 saturated carbocycles. The van der Waals surface area contributed by atoms with Crippen molar-refractivity contribution in [1.82, 2.24) is 0 Å². The van der Waals surface area contributed by atoms with Gasteiger partial charge in [0.05, 0.1) is 0 Å². The number of carbonyl (C=O) groups is 3. The fraction of sp³-hybridized carbons (Fsp3) is 0.746. The summed E-state index contributed by atoms with van der Waals surface area (Å²) in [6.45, 7) is 6.49. The molecule has 0 aliphatic rings. The van der Waals surface area contributed by atoms with Crippen molar-refractivity contribution in [2.24, 2.45) is 0 Å². The first-order chi connectivity index (χ1) is 36.0. The smallest absolute Gasteiger partial charge is 0.306 e. The standard InChI is InChI=1S/C67H116O6/c1-4-7-10-13-16-18-20-22-24-26-28-30-31-32-33-34-35-36-37-38-40-41-43-45-47-49-51-54-57-60-66(69)72-63-64(62-71-65(68)59-56-53-15-12-9-6-3)73-67(70)61-58-55-52-50-48-46-44-42-39-29-27-25-23-21-19-17-14-11-8-5-2/h7,10,16,18,22,24,28,30,32-33,35-36,38,40,64H,4-6,8-9,11-15,17,19-21,23,25-27,29,31,34,37,39,41-63H2,1-3H3/b10-7-,18-16-,24-22-,30-28-,33-32-,36-35-,40-38-. The van der Waals surface area contributed by atoms with Gasteiger partial charge in [-0.15, -0.1) is 0 Å². The molecule has 0 aliphatic heterocycles. The number of hydrogen-bond donors (Lipinski definition) is 0. The van der Waals surface area contributed by atoms with Crippen LogP contribution in [-0.4, -0.2) is 37.2 Å². The molecule has 0 spiro atoms. The normalized spacial score (nSPS) is 12.6. The van der Waals surface area contributed by atoms with Crippen molar-refractivity contribution in [1.29, 1.82) is 0 Å². The van der Waals surface area contributed by atoms with E-state index in [1.807, 2.05) is 0 Å². The molecule has 0 rings (SSSR count). The Balaban J connectivity index is 4.13. The van der Waals surface area contributed by atoms with Gasteiger partial charge < -0.3 is 14.2 Å². The molecule has 0 saturated heterocycles. The molecule has 0 aromatic carbocycles. The van der Waals surface area contributed by atoms with Crippen molar-refractivity contribution in [3.8, 4) is 0 Å². The minimum absolute atomic E-state index is 0.0772. The Hall–Kier alpha value is -3.41. The molecule has 73 heavy (non-hydrogen) atoms. The monoisotopic (exact) mass is 1020 g/mol. The van der Waals surface area contributed by atoms with Gasteiger partial charge in [-0.1, -0.05) is 292 Å². The van der Waals surface area contributed by atoms with Gasteiger partial charge in [-0.25, -0.2) is 0 Å². The van der Waals surface area contributed by atoms with E-state index >= 15 is 0 Å². The van der Waals surface area contributed by atoms with E-state index in [9.17, 15) is 14.4 Å². The number of rotatable bonds is 56. The Kier molecular flexibility index (Phi) is 58.3. The van der Waals surface area contributed by atoms with Crippen LogP contribution >= 0.6 is 0 Å². The zero-order valence-corrected chi connectivity index (χ0v) is 48.1. The molecule has 0 radical (unpaired) electrons. The summed E-state index contributed by atoms with van der Waals surface area (Å²) in [5.74, 6) is -0.887. The molecule has 6 nitrogen and oxygen atoms in total. The second-order valence-corrected chi connectivity index (χ2v) is 20.6. The lowest BCUT2D eigenvalue weighted by atomic mass is 10.0. The van der Waals surface area contributed by atoms with Crippen LogP contribution in [0.3, 0.4) is 0 Å². The summed E-state index contributed by atoms with van der Waals surface area (Å²) in [5, 5.41) is 0. The van der Waals surface area contributed by atoms with E-state index < -0.39 is 6.10 Å². The number of allylic oxidation sites excluding steroid dienone is 14. The van der Waals surface area contributed by atoms with Crippen molar-refractivity contribution >= 4 is 17.9 Å². The minimum atomic E-state index is -0.776. The highest BCUT2D eigenvalue weighted by atomic mass is 16.6. The zero-order chi connectivity index (χ0) is 52.9. The van der Waals surface area contributed by atoms with Crippen molar-refractivity contribution in [2.75, 3.05) is 13.2 Å². The highest BCUT2D eigenvalue weighted by Gasteiger charge is 2.19. The highest BCUT2D eigenvalue weighted by molar-refractivity contribution is 5.71. The summed E-state index contributed by atoms with van der Waals surface area (Å²) in [7, 11) is 0. The molecule has 0 N–H and O–H groups in total. The van der Waals surface area contributed by atoms with Crippen molar-refractivity contribution < 1.29 is 28.6 Å². The van der Waals surface area contributed by atoms with E-state index in [0.29, 0.717) is 19.3 Å². The summed E-state index contributed by atoms with van der Waals surface area (Å²) in [6.07, 6.45) is 80.5. The lowest BCUT2D eigenvalue weighted by Crippen LogP contribution is -2.30. The lowest BCUT2D eigenvalue weighted by Gasteiger charge is -2.18. The quantitative estimate of drug-likeness (QED) is 0.0261. The molecule has 6 heteroatoms. The van der Waals surface area contributed by atoms with Gasteiger partial charge in [-0.05, 0) is 77.0 Å². The van der Waals surface area contributed by atoms with Gasteiger partial charge in [-0.2, -0.15) is 0 Å². The number of ether oxygens (including phenoxy) is 3. The zero-order valence-electron chi connectivity index (χ0n) is 48.1. The average molecular weight is 1020 g/mol. The van der Waals surface area contributed by atoms with Crippen LogP contribution in [-0.2, 0) is 28.6 Å². The van der Waals surface area contributed by atoms with E-state index in [1.54, 1.807) is 0 Å². The lowest BCUT2D eigenvalue weighted by molar-refractivity contribution is -0.167. The van der Waals surface area contributed by atoms with E-state index in [0.717, 1.165) is 109 Å². The Labute approximate surface area is 452 Å². The van der Waals surface area contributed by atoms with E-state index in [2.05, 4.69) is 106 Å². The number of hydrogen-bond acceptors (Lipinski definition) is 6. The van der Waals surface area contributed by atoms with E-state index in [1.165, 1.54) is 154 Å². The third-order valence-electron chi connectivity index (χ3n) is 13.4. The Morgan fingerprint density at radius 3 is 0.836 bits per heavy atom. The number of carbonyl (C=O) groups excluding carboxylic acids is 3. The van der Waals surface area contributed by atoms with E-state index in [4.69, 9.17) is 14.2 Å². The second kappa shape index (κ2) is 61.1. The molecule has 0 fully saturated rings. The minimum Gasteiger partial charge on any atom is -0.462 e. The van der Waals surface area contributed by atoms with Crippen LogP contribution in [0.15, 0.2) is 85.1 Å². The topological polar surface area (TPSA) is 78.9 Å². The fourth-order valence-electron chi connectivity index (χ4n) is 8.78. The van der Waals surface area contributed by atoms with Crippen molar-refractivity contribution in [3.05, 3.63) is 85.1 Å². The molecule has 1 atom stereocenters. The first-order valence-corrected chi connectivity index (χ1v) is 31.1. The largest absolute Gasteiger partial charge is 0.462 e. The third kappa shape index (κ3) is 59.3. The molecule has 420 valence electrons. The number of esters is 3. The van der Waals surface area contributed by atoms with Crippen LogP contribution < -0.4 is 0 Å². The SMILES string of the molecule is CC/C=C\C/C=C\C/C=C\C/C=C\C/C=C\C/C=C\C/C=C\CCCCCCCCCC(=O)OCC(COC(=O)CCCCCCCC)OC(=O)CCCCCCCCCCCCCCCCCCCCCC. The summed E-state index contributed by atoms with van der Waals surface area (Å²) in [6, 6.07) is 0. The fourth-order valence-corrected chi connectivity index (χ4v) is 8.78. The summed E-state index contributed by atoms with van der Waals surface area (Å²) in [5.41, 5.74) is 0. The molecule has 1 unspecified atom stereocenters. The van der Waals surface area contributed by atoms with Gasteiger partial charge in [0.15, 0.2) is 6.10 Å². The predicted octanol–water partition coefficient (Wildman–Crippen LogP) is 21.1. The van der Waals surface area contributed by atoms with Crippen LogP contribution in [0, 0.1) is 0 Å². The predicted molar refractivity (Wildman–Crippen MR) is 316 cm³/mol. The molecular formula is C67H116O6. The van der Waals surface area contributed by atoms with Crippen LogP contribution in [0.25, 0.3) is 0 Å². The second-order valence-electron chi connectivity index (χ2n) is 20.6. The van der Waals surface area contributed by atoms with Gasteiger partial charge in [0.1, 0.15) is 13.2 Å². The average Bonchev–Trinajstić information content (AvgIpc) is 3.39. The Morgan fingerprint density at radius 1 is 0.288 bits per heavy atom. The van der Waals surface area contributed by atoms with Gasteiger partial charge in [0.2, 0.25) is 0 Å². The van der Waals surface area contributed by atoms with Gasteiger partial charge in [0, 0.05) is 19.3 Å². The molecule has 0 aliphatic carbocycles. The molecule has 0 aromatic heterocycles. The summed E-state index contributed by atoms with van der Waals surface area (Å²) < 4.78 is 16.8. The Morgan fingerprint density at radius 2 is 0.534 bits per heavy atom. The van der Waals surface area contributed by atoms with Crippen LogP contribution in [0.5, 0.6) is 0 Å². The number of unbranched alkanes of at least 4 members (excludes halogenated alkanes) is 31. The highest BCUT2D eigenvalue weighted by Crippen LogP contribution is 2.17. The van der Waals surface area contributed by atoms with Crippen LogP contribution in [0.4, 0.5) is 0 Å². The molecule has 0 aromatic rings. The molecule has 0 heterocycles. The molecular weight excluding hydrogens is 901 g/mol. The van der Waals surface area contributed by atoms with Gasteiger partial charge >= 0.3 is 17.9 Å². The summed E-state index contributed by atoms with van der Waals surface area (Å²) >= 11 is 0. The van der Waals surface area contributed by atoms with Gasteiger partial charge in [0.25, 0.3) is 0 Å². The molecule has 0 bridgehead atoms. The maximum absolute atomic E-state index is 12.8. The van der Waals surface area contributed by atoms with Crippen LogP contribution in [0.2, 0.25) is 0 Å². The van der Waals surface area contributed by atoms with Crippen molar-refractivity contribution in [3.63, 3.8) is 0 Å². The molecule has 0 amide bonds. The maximum Gasteiger partial charge on any atom is 0.306 e. The van der Waals surface area contributed by atoms with Crippen LogP contribution in [0.1, 0.15) is 303 Å².